The molecule has 0 bridgehead atoms. The highest BCUT2D eigenvalue weighted by atomic mass is 15.4. The number of nitrogens with zero attached hydrogens (tertiary/aromatic N) is 1. The van der Waals surface area contributed by atoms with E-state index in [9.17, 15) is 0 Å². The van der Waals surface area contributed by atoms with Crippen LogP contribution in [-0.2, 0) is 0 Å². The lowest BCUT2D eigenvalue weighted by atomic mass is 9.60. The second kappa shape index (κ2) is 4.90. The molecule has 5 aliphatic rings. The van der Waals surface area contributed by atoms with Gasteiger partial charge in [0.15, 0.2) is 0 Å². The van der Waals surface area contributed by atoms with Crippen molar-refractivity contribution in [3.63, 3.8) is 0 Å². The van der Waals surface area contributed by atoms with Gasteiger partial charge in [0.1, 0.15) is 0 Å². The third-order valence-corrected chi connectivity index (χ3v) is 7.62. The molecule has 0 radical (unpaired) electrons. The zero-order valence-electron chi connectivity index (χ0n) is 13.9. The standard InChI is InChI=1S/C17H31N5/c1-17(2)11-3-6-20-14-10-7-18-5-4-12(10)22(15(11)14)13-8-19-9-21-16(13)17/h10-16,18-21H,3-9H2,1-2H3. The Morgan fingerprint density at radius 2 is 1.86 bits per heavy atom. The van der Waals surface area contributed by atoms with Crippen molar-refractivity contribution in [2.24, 2.45) is 17.3 Å². The van der Waals surface area contributed by atoms with E-state index in [-0.39, 0.29) is 0 Å². The van der Waals surface area contributed by atoms with Gasteiger partial charge in [-0.1, -0.05) is 13.8 Å². The molecule has 5 heterocycles. The van der Waals surface area contributed by atoms with Gasteiger partial charge in [-0.3, -0.25) is 10.2 Å². The van der Waals surface area contributed by atoms with E-state index >= 15 is 0 Å². The summed E-state index contributed by atoms with van der Waals surface area (Å²) in [7, 11) is 0. The summed E-state index contributed by atoms with van der Waals surface area (Å²) in [6.45, 7) is 10.8. The second-order valence-corrected chi connectivity index (χ2v) is 8.74. The van der Waals surface area contributed by atoms with Gasteiger partial charge in [0, 0.05) is 55.9 Å². The second-order valence-electron chi connectivity index (χ2n) is 8.74. The first kappa shape index (κ1) is 14.2. The predicted molar refractivity (Wildman–Crippen MR) is 87.7 cm³/mol. The van der Waals surface area contributed by atoms with E-state index in [2.05, 4.69) is 40.0 Å². The zero-order valence-corrected chi connectivity index (χ0v) is 13.9. The van der Waals surface area contributed by atoms with Crippen molar-refractivity contribution < 1.29 is 0 Å². The van der Waals surface area contributed by atoms with Crippen molar-refractivity contribution in [3.05, 3.63) is 0 Å². The molecule has 5 rings (SSSR count). The van der Waals surface area contributed by atoms with Crippen molar-refractivity contribution in [2.75, 3.05) is 32.8 Å². The van der Waals surface area contributed by atoms with E-state index in [1.807, 2.05) is 0 Å². The summed E-state index contributed by atoms with van der Waals surface area (Å²) in [5, 5.41) is 15.0. The molecule has 0 spiro atoms. The van der Waals surface area contributed by atoms with Crippen LogP contribution in [0.3, 0.4) is 0 Å². The monoisotopic (exact) mass is 305 g/mol. The maximum absolute atomic E-state index is 3.92. The van der Waals surface area contributed by atoms with E-state index in [1.165, 1.54) is 32.5 Å². The lowest BCUT2D eigenvalue weighted by molar-refractivity contribution is -0.0905. The fourth-order valence-electron chi connectivity index (χ4n) is 6.77. The smallest absolute Gasteiger partial charge is 0.0457 e. The highest BCUT2D eigenvalue weighted by molar-refractivity contribution is 5.20. The van der Waals surface area contributed by atoms with E-state index in [0.717, 1.165) is 37.1 Å². The molecule has 22 heavy (non-hydrogen) atoms. The van der Waals surface area contributed by atoms with Crippen molar-refractivity contribution in [3.8, 4) is 0 Å². The van der Waals surface area contributed by atoms with Crippen molar-refractivity contribution in [1.82, 2.24) is 26.2 Å². The maximum atomic E-state index is 3.92. The van der Waals surface area contributed by atoms with Gasteiger partial charge in [-0.05, 0) is 37.3 Å². The Bertz CT molecular complexity index is 452. The van der Waals surface area contributed by atoms with Gasteiger partial charge in [-0.2, -0.15) is 0 Å². The topological polar surface area (TPSA) is 51.4 Å². The van der Waals surface area contributed by atoms with Gasteiger partial charge in [0.2, 0.25) is 0 Å². The minimum atomic E-state index is 0.398. The molecule has 5 aliphatic heterocycles. The van der Waals surface area contributed by atoms with E-state index in [1.54, 1.807) is 0 Å². The molecule has 5 nitrogen and oxygen atoms in total. The normalized spacial score (nSPS) is 53.5. The molecular formula is C17H31N5. The third-order valence-electron chi connectivity index (χ3n) is 7.62. The largest absolute Gasteiger partial charge is 0.316 e. The van der Waals surface area contributed by atoms with Crippen LogP contribution < -0.4 is 21.3 Å². The predicted octanol–water partition coefficient (Wildman–Crippen LogP) is -0.446. The van der Waals surface area contributed by atoms with E-state index in [0.29, 0.717) is 23.5 Å². The van der Waals surface area contributed by atoms with Crippen LogP contribution in [0.5, 0.6) is 0 Å². The first-order chi connectivity index (χ1) is 10.7. The molecule has 0 aromatic heterocycles. The van der Waals surface area contributed by atoms with Gasteiger partial charge < -0.3 is 16.0 Å². The molecule has 4 N–H and O–H groups in total. The Morgan fingerprint density at radius 1 is 0.955 bits per heavy atom. The summed E-state index contributed by atoms with van der Waals surface area (Å²) in [5.41, 5.74) is 0.398. The number of hydrogen-bond acceptors (Lipinski definition) is 5. The van der Waals surface area contributed by atoms with E-state index < -0.39 is 0 Å². The molecule has 124 valence electrons. The van der Waals surface area contributed by atoms with Crippen LogP contribution in [-0.4, -0.2) is 68.0 Å². The molecule has 0 aromatic rings. The highest BCUT2D eigenvalue weighted by Gasteiger charge is 2.63. The summed E-state index contributed by atoms with van der Waals surface area (Å²) < 4.78 is 0. The van der Waals surface area contributed by atoms with Gasteiger partial charge in [-0.15, -0.1) is 0 Å². The summed E-state index contributed by atoms with van der Waals surface area (Å²) in [5.74, 6) is 1.63. The number of rotatable bonds is 0. The average Bonchev–Trinajstić information content (AvgIpc) is 2.88. The summed E-state index contributed by atoms with van der Waals surface area (Å²) in [4.78, 5) is 2.97. The van der Waals surface area contributed by atoms with Crippen molar-refractivity contribution in [1.29, 1.82) is 0 Å². The molecule has 5 heteroatoms. The lowest BCUT2D eigenvalue weighted by Gasteiger charge is -2.61. The maximum Gasteiger partial charge on any atom is 0.0457 e. The number of nitrogens with one attached hydrogen (secondary N) is 4. The number of fused-ring (bicyclic) bond motifs is 5. The molecule has 7 atom stereocenters. The number of piperidine rings is 3. The Labute approximate surface area is 134 Å². The number of hydrogen-bond donors (Lipinski definition) is 4. The first-order valence-electron chi connectivity index (χ1n) is 9.35. The first-order valence-corrected chi connectivity index (χ1v) is 9.35. The van der Waals surface area contributed by atoms with Crippen LogP contribution in [0.2, 0.25) is 0 Å². The summed E-state index contributed by atoms with van der Waals surface area (Å²) in [6.07, 6.45) is 2.67. The fraction of sp³-hybridized carbons (Fsp3) is 1.00. The molecular weight excluding hydrogens is 274 g/mol. The van der Waals surface area contributed by atoms with Gasteiger partial charge in [0.05, 0.1) is 0 Å². The molecule has 0 amide bonds. The minimum Gasteiger partial charge on any atom is -0.316 e. The van der Waals surface area contributed by atoms with Crippen LogP contribution in [0.1, 0.15) is 26.7 Å². The molecule has 7 unspecified atom stereocenters. The van der Waals surface area contributed by atoms with Crippen LogP contribution in [0.25, 0.3) is 0 Å². The summed E-state index contributed by atoms with van der Waals surface area (Å²) in [6, 6.07) is 3.55. The van der Waals surface area contributed by atoms with Crippen LogP contribution >= 0.6 is 0 Å². The summed E-state index contributed by atoms with van der Waals surface area (Å²) >= 11 is 0. The SMILES string of the molecule is CC1(C)C2CCNC3C4CNCCC4N(C4CNCNC41)C32. The van der Waals surface area contributed by atoms with Gasteiger partial charge >= 0.3 is 0 Å². The van der Waals surface area contributed by atoms with Crippen molar-refractivity contribution in [2.45, 2.75) is 56.9 Å². The van der Waals surface area contributed by atoms with Gasteiger partial charge in [-0.25, -0.2) is 0 Å². The van der Waals surface area contributed by atoms with Gasteiger partial charge in [0.25, 0.3) is 0 Å². The highest BCUT2D eigenvalue weighted by Crippen LogP contribution is 2.53. The Hall–Kier alpha value is -0.200. The minimum absolute atomic E-state index is 0.398. The van der Waals surface area contributed by atoms with E-state index in [4.69, 9.17) is 0 Å². The molecule has 0 saturated carbocycles. The van der Waals surface area contributed by atoms with Crippen molar-refractivity contribution >= 4 is 0 Å². The fourth-order valence-corrected chi connectivity index (χ4v) is 6.77. The molecule has 0 aromatic carbocycles. The quantitative estimate of drug-likeness (QED) is 0.489. The van der Waals surface area contributed by atoms with Crippen LogP contribution in [0.4, 0.5) is 0 Å². The molecule has 5 saturated heterocycles. The van der Waals surface area contributed by atoms with Crippen LogP contribution in [0, 0.1) is 17.3 Å². The Kier molecular flexibility index (Phi) is 3.15. The molecule has 0 aliphatic carbocycles. The third kappa shape index (κ3) is 1.72. The molecule has 5 fully saturated rings. The van der Waals surface area contributed by atoms with Crippen LogP contribution in [0.15, 0.2) is 0 Å². The Morgan fingerprint density at radius 3 is 2.77 bits per heavy atom. The Balaban J connectivity index is 1.59. The lowest BCUT2D eigenvalue weighted by Crippen LogP contribution is -2.76. The average molecular weight is 305 g/mol. The zero-order chi connectivity index (χ0) is 14.9.